The zero-order valence-electron chi connectivity index (χ0n) is 15.9. The van der Waals surface area contributed by atoms with Gasteiger partial charge in [-0.1, -0.05) is 42.5 Å². The third-order valence-electron chi connectivity index (χ3n) is 6.72. The standard InChI is InChI=1S/C23H21N3O3/c27-20-13-19-23(26(20)18(14-29-23)15-5-2-1-3-6-15)10-12-25(19)22(28)17-8-4-7-16-9-11-24-21(16)17/h1-9,11,18-19,24H,10,12-14H2/t18-,19+,23-/m0/s1. The molecule has 3 fully saturated rings. The molecule has 6 nitrogen and oxygen atoms in total. The molecular weight excluding hydrogens is 366 g/mol. The first-order valence-corrected chi connectivity index (χ1v) is 10.1. The number of H-pyrrole nitrogens is 1. The van der Waals surface area contributed by atoms with E-state index in [0.29, 0.717) is 31.6 Å². The number of carbonyl (C=O) groups excluding carboxylic acids is 2. The number of hydrogen-bond donors (Lipinski definition) is 1. The SMILES string of the molecule is O=C(c1cccc2cc[nH]c12)N1CC[C@@]23OC[C@@H](c4ccccc4)N2C(=O)C[C@@H]13. The molecule has 29 heavy (non-hydrogen) atoms. The third kappa shape index (κ3) is 2.20. The van der Waals surface area contributed by atoms with Gasteiger partial charge in [0.15, 0.2) is 5.72 Å². The number of hydrogen-bond acceptors (Lipinski definition) is 3. The predicted molar refractivity (Wildman–Crippen MR) is 107 cm³/mol. The summed E-state index contributed by atoms with van der Waals surface area (Å²) in [6, 6.07) is 17.4. The number of nitrogens with one attached hydrogen (secondary N) is 1. The van der Waals surface area contributed by atoms with Gasteiger partial charge in [0, 0.05) is 24.5 Å². The molecule has 0 bridgehead atoms. The molecule has 0 unspecified atom stereocenters. The van der Waals surface area contributed by atoms with Crippen molar-refractivity contribution in [2.45, 2.75) is 30.7 Å². The minimum atomic E-state index is -0.698. The zero-order chi connectivity index (χ0) is 19.6. The van der Waals surface area contributed by atoms with Gasteiger partial charge in [-0.3, -0.25) is 9.59 Å². The highest BCUT2D eigenvalue weighted by atomic mass is 16.5. The molecule has 6 heteroatoms. The fourth-order valence-corrected chi connectivity index (χ4v) is 5.43. The Bertz CT molecular complexity index is 1120. The number of ether oxygens (including phenoxy) is 1. The van der Waals surface area contributed by atoms with Crippen LogP contribution in [0.5, 0.6) is 0 Å². The van der Waals surface area contributed by atoms with Crippen molar-refractivity contribution in [1.29, 1.82) is 0 Å². The summed E-state index contributed by atoms with van der Waals surface area (Å²) in [7, 11) is 0. The van der Waals surface area contributed by atoms with E-state index in [1.165, 1.54) is 0 Å². The Morgan fingerprint density at radius 3 is 2.83 bits per heavy atom. The van der Waals surface area contributed by atoms with Crippen LogP contribution in [-0.4, -0.2) is 51.5 Å². The summed E-state index contributed by atoms with van der Waals surface area (Å²) in [4.78, 5) is 33.4. The smallest absolute Gasteiger partial charge is 0.256 e. The quantitative estimate of drug-likeness (QED) is 0.735. The fourth-order valence-electron chi connectivity index (χ4n) is 5.43. The molecular formula is C23H21N3O3. The normalized spacial score (nSPS) is 28.2. The van der Waals surface area contributed by atoms with Gasteiger partial charge in [-0.2, -0.15) is 0 Å². The van der Waals surface area contributed by atoms with Crippen LogP contribution in [0.1, 0.15) is 34.8 Å². The molecule has 3 aliphatic rings. The first-order chi connectivity index (χ1) is 14.2. The number of nitrogens with zero attached hydrogens (tertiary/aromatic N) is 2. The summed E-state index contributed by atoms with van der Waals surface area (Å²) in [6.07, 6.45) is 2.81. The van der Waals surface area contributed by atoms with Crippen LogP contribution in [0.25, 0.3) is 10.9 Å². The second-order valence-electron chi connectivity index (χ2n) is 8.06. The van der Waals surface area contributed by atoms with E-state index in [0.717, 1.165) is 16.5 Å². The molecule has 1 aromatic heterocycles. The lowest BCUT2D eigenvalue weighted by molar-refractivity contribution is -0.138. The number of benzene rings is 2. The van der Waals surface area contributed by atoms with E-state index in [9.17, 15) is 9.59 Å². The average molecular weight is 387 g/mol. The van der Waals surface area contributed by atoms with Gasteiger partial charge >= 0.3 is 0 Å². The van der Waals surface area contributed by atoms with Crippen molar-refractivity contribution in [3.8, 4) is 0 Å². The summed E-state index contributed by atoms with van der Waals surface area (Å²) in [5.41, 5.74) is 1.87. The molecule has 3 saturated heterocycles. The lowest BCUT2D eigenvalue weighted by Gasteiger charge is -2.33. The van der Waals surface area contributed by atoms with E-state index in [1.807, 2.05) is 70.6 Å². The molecule has 6 rings (SSSR count). The van der Waals surface area contributed by atoms with Gasteiger partial charge in [0.25, 0.3) is 5.91 Å². The van der Waals surface area contributed by atoms with Gasteiger partial charge in [0.05, 0.1) is 36.2 Å². The molecule has 1 spiro atoms. The Labute approximate surface area is 168 Å². The second-order valence-corrected chi connectivity index (χ2v) is 8.06. The maximum Gasteiger partial charge on any atom is 0.256 e. The molecule has 3 aliphatic heterocycles. The summed E-state index contributed by atoms with van der Waals surface area (Å²) >= 11 is 0. The molecule has 1 N–H and O–H groups in total. The van der Waals surface area contributed by atoms with Gasteiger partial charge in [0.1, 0.15) is 0 Å². The number of carbonyl (C=O) groups is 2. The number of likely N-dealkylation sites (tertiary alicyclic amines) is 1. The Morgan fingerprint density at radius 2 is 1.97 bits per heavy atom. The van der Waals surface area contributed by atoms with Crippen molar-refractivity contribution in [3.05, 3.63) is 71.9 Å². The number of rotatable bonds is 2. The van der Waals surface area contributed by atoms with E-state index in [4.69, 9.17) is 4.74 Å². The van der Waals surface area contributed by atoms with Crippen LogP contribution in [0, 0.1) is 0 Å². The Hall–Kier alpha value is -3.12. The number of aromatic nitrogens is 1. The first-order valence-electron chi connectivity index (χ1n) is 10.1. The maximum atomic E-state index is 13.5. The van der Waals surface area contributed by atoms with Gasteiger partial charge < -0.3 is 19.5 Å². The Morgan fingerprint density at radius 1 is 1.10 bits per heavy atom. The van der Waals surface area contributed by atoms with Crippen molar-refractivity contribution in [3.63, 3.8) is 0 Å². The van der Waals surface area contributed by atoms with Crippen molar-refractivity contribution in [1.82, 2.24) is 14.8 Å². The second kappa shape index (κ2) is 5.94. The van der Waals surface area contributed by atoms with Crippen molar-refractivity contribution in [2.75, 3.05) is 13.2 Å². The molecule has 4 heterocycles. The van der Waals surface area contributed by atoms with E-state index in [-0.39, 0.29) is 23.9 Å². The van der Waals surface area contributed by atoms with E-state index in [1.54, 1.807) is 0 Å². The van der Waals surface area contributed by atoms with Crippen LogP contribution in [0.15, 0.2) is 60.8 Å². The van der Waals surface area contributed by atoms with E-state index >= 15 is 0 Å². The summed E-state index contributed by atoms with van der Waals surface area (Å²) in [5.74, 6) is 0.0262. The third-order valence-corrected chi connectivity index (χ3v) is 6.72. The number of amides is 2. The van der Waals surface area contributed by atoms with Crippen LogP contribution in [0.2, 0.25) is 0 Å². The first kappa shape index (κ1) is 16.8. The minimum absolute atomic E-state index is 0.0404. The molecule has 0 saturated carbocycles. The lowest BCUT2D eigenvalue weighted by atomic mass is 10.0. The molecule has 2 amide bonds. The van der Waals surface area contributed by atoms with Gasteiger partial charge in [-0.25, -0.2) is 0 Å². The van der Waals surface area contributed by atoms with Gasteiger partial charge in [-0.05, 0) is 17.7 Å². The molecule has 3 atom stereocenters. The van der Waals surface area contributed by atoms with Crippen LogP contribution < -0.4 is 0 Å². The molecule has 146 valence electrons. The minimum Gasteiger partial charge on any atom is -0.361 e. The van der Waals surface area contributed by atoms with E-state index < -0.39 is 5.72 Å². The monoisotopic (exact) mass is 387 g/mol. The highest BCUT2D eigenvalue weighted by Crippen LogP contribution is 2.51. The molecule has 0 radical (unpaired) electrons. The van der Waals surface area contributed by atoms with Gasteiger partial charge in [-0.15, -0.1) is 0 Å². The van der Waals surface area contributed by atoms with Crippen LogP contribution in [0.4, 0.5) is 0 Å². The fraction of sp³-hybridized carbons (Fsp3) is 0.304. The van der Waals surface area contributed by atoms with E-state index in [2.05, 4.69) is 4.98 Å². The van der Waals surface area contributed by atoms with Crippen molar-refractivity contribution in [2.24, 2.45) is 0 Å². The van der Waals surface area contributed by atoms with Gasteiger partial charge in [0.2, 0.25) is 5.91 Å². The lowest BCUT2D eigenvalue weighted by Crippen LogP contribution is -2.49. The maximum absolute atomic E-state index is 13.5. The van der Waals surface area contributed by atoms with Crippen LogP contribution in [0.3, 0.4) is 0 Å². The number of para-hydroxylation sites is 1. The summed E-state index contributed by atoms with van der Waals surface area (Å²) in [6.45, 7) is 1.06. The highest BCUT2D eigenvalue weighted by molar-refractivity contribution is 6.06. The summed E-state index contributed by atoms with van der Waals surface area (Å²) < 4.78 is 6.32. The van der Waals surface area contributed by atoms with Crippen molar-refractivity contribution < 1.29 is 14.3 Å². The number of fused-ring (bicyclic) bond motifs is 1. The average Bonchev–Trinajstić information content (AvgIpc) is 3.49. The summed E-state index contributed by atoms with van der Waals surface area (Å²) in [5, 5.41) is 1.01. The highest BCUT2D eigenvalue weighted by Gasteiger charge is 2.65. The topological polar surface area (TPSA) is 65.6 Å². The predicted octanol–water partition coefficient (Wildman–Crippen LogP) is 3.08. The van der Waals surface area contributed by atoms with Crippen LogP contribution in [-0.2, 0) is 9.53 Å². The molecule has 0 aliphatic carbocycles. The molecule has 3 aromatic rings. The Kier molecular flexibility index (Phi) is 3.44. The largest absolute Gasteiger partial charge is 0.361 e. The zero-order valence-corrected chi connectivity index (χ0v) is 15.9. The molecule has 2 aromatic carbocycles. The van der Waals surface area contributed by atoms with Crippen LogP contribution >= 0.6 is 0 Å². The number of aromatic amines is 1. The Balaban J connectivity index is 1.36. The van der Waals surface area contributed by atoms with Crippen molar-refractivity contribution >= 4 is 22.7 Å².